The average Bonchev–Trinajstić information content (AvgIpc) is 2.89. The molecule has 0 unspecified atom stereocenters. The average molecular weight is 529 g/mol. The van der Waals surface area contributed by atoms with E-state index in [1.165, 1.54) is 42.7 Å². The molecule has 3 aromatic carbocycles. The van der Waals surface area contributed by atoms with Crippen molar-refractivity contribution in [3.05, 3.63) is 125 Å². The highest BCUT2D eigenvalue weighted by atomic mass is 35.5. The van der Waals surface area contributed by atoms with Gasteiger partial charge in [0.15, 0.2) is 0 Å². The SMILES string of the molecule is O=C(OC[C@H](c1ccccc1)N(c1cc(F)ccc1F)S(=O)(=O)c1ccc(Cl)cc1)c1cccnc1. The molecule has 10 heteroatoms. The Morgan fingerprint density at radius 3 is 2.36 bits per heavy atom. The van der Waals surface area contributed by atoms with Gasteiger partial charge in [-0.05, 0) is 54.1 Å². The van der Waals surface area contributed by atoms with Gasteiger partial charge in [0.2, 0.25) is 0 Å². The molecule has 0 aliphatic rings. The molecule has 0 N–H and O–H groups in total. The van der Waals surface area contributed by atoms with Crippen LogP contribution in [0.5, 0.6) is 0 Å². The third-order valence-electron chi connectivity index (χ3n) is 5.25. The largest absolute Gasteiger partial charge is 0.459 e. The van der Waals surface area contributed by atoms with Crippen molar-refractivity contribution in [2.75, 3.05) is 10.9 Å². The number of carbonyl (C=O) groups excluding carboxylic acids is 1. The first-order valence-corrected chi connectivity index (χ1v) is 12.5. The Morgan fingerprint density at radius 2 is 1.69 bits per heavy atom. The van der Waals surface area contributed by atoms with E-state index in [2.05, 4.69) is 4.98 Å². The highest BCUT2D eigenvalue weighted by molar-refractivity contribution is 7.92. The molecule has 0 fully saturated rings. The van der Waals surface area contributed by atoms with Gasteiger partial charge < -0.3 is 4.74 Å². The number of esters is 1. The first-order valence-electron chi connectivity index (χ1n) is 10.6. The lowest BCUT2D eigenvalue weighted by Gasteiger charge is -2.33. The zero-order valence-electron chi connectivity index (χ0n) is 18.6. The van der Waals surface area contributed by atoms with E-state index in [4.69, 9.17) is 16.3 Å². The zero-order valence-corrected chi connectivity index (χ0v) is 20.2. The normalized spacial score (nSPS) is 12.1. The van der Waals surface area contributed by atoms with Crippen molar-refractivity contribution in [1.29, 1.82) is 0 Å². The molecule has 0 aliphatic carbocycles. The molecule has 0 saturated heterocycles. The predicted molar refractivity (Wildman–Crippen MR) is 131 cm³/mol. The molecule has 1 aromatic heterocycles. The van der Waals surface area contributed by atoms with Crippen LogP contribution in [0.1, 0.15) is 22.0 Å². The number of hydrogen-bond donors (Lipinski definition) is 0. The summed E-state index contributed by atoms with van der Waals surface area (Å²) in [5.74, 6) is -2.58. The van der Waals surface area contributed by atoms with Crippen molar-refractivity contribution in [3.8, 4) is 0 Å². The minimum absolute atomic E-state index is 0.147. The Labute approximate surface area is 211 Å². The second kappa shape index (κ2) is 10.8. The summed E-state index contributed by atoms with van der Waals surface area (Å²) in [6.45, 7) is -0.499. The maximum atomic E-state index is 15.1. The molecule has 0 bridgehead atoms. The molecule has 6 nitrogen and oxygen atoms in total. The first-order chi connectivity index (χ1) is 17.3. The fourth-order valence-corrected chi connectivity index (χ4v) is 5.29. The first kappa shape index (κ1) is 25.3. The highest BCUT2D eigenvalue weighted by Gasteiger charge is 2.36. The van der Waals surface area contributed by atoms with Crippen LogP contribution in [-0.4, -0.2) is 26.0 Å². The fraction of sp³-hybridized carbons (Fsp3) is 0.0769. The van der Waals surface area contributed by atoms with E-state index in [-0.39, 0.29) is 10.5 Å². The van der Waals surface area contributed by atoms with Gasteiger partial charge in [-0.1, -0.05) is 41.9 Å². The Kier molecular flexibility index (Phi) is 7.61. The van der Waals surface area contributed by atoms with Crippen molar-refractivity contribution < 1.29 is 26.7 Å². The molecule has 4 aromatic rings. The third-order valence-corrected chi connectivity index (χ3v) is 7.34. The molecule has 0 aliphatic heterocycles. The van der Waals surface area contributed by atoms with Crippen molar-refractivity contribution >= 4 is 33.3 Å². The summed E-state index contributed by atoms with van der Waals surface area (Å²) >= 11 is 5.92. The lowest BCUT2D eigenvalue weighted by Crippen LogP contribution is -2.38. The van der Waals surface area contributed by atoms with E-state index in [0.29, 0.717) is 10.6 Å². The van der Waals surface area contributed by atoms with E-state index < -0.39 is 46.0 Å². The van der Waals surface area contributed by atoms with E-state index in [9.17, 15) is 17.6 Å². The molecule has 1 heterocycles. The number of benzene rings is 3. The maximum absolute atomic E-state index is 15.1. The minimum atomic E-state index is -4.51. The number of hydrogen-bond acceptors (Lipinski definition) is 5. The Balaban J connectivity index is 1.85. The number of anilines is 1. The van der Waals surface area contributed by atoms with Gasteiger partial charge in [-0.3, -0.25) is 9.29 Å². The monoisotopic (exact) mass is 528 g/mol. The van der Waals surface area contributed by atoms with Gasteiger partial charge in [0.05, 0.1) is 16.1 Å². The van der Waals surface area contributed by atoms with Crippen LogP contribution in [0.2, 0.25) is 5.02 Å². The summed E-state index contributed by atoms with van der Waals surface area (Å²) in [5.41, 5.74) is -0.0118. The zero-order chi connectivity index (χ0) is 25.7. The number of nitrogens with zero attached hydrogens (tertiary/aromatic N) is 2. The van der Waals surface area contributed by atoms with Crippen molar-refractivity contribution in [1.82, 2.24) is 4.98 Å². The molecular formula is C26H19ClF2N2O4S. The summed E-state index contributed by atoms with van der Waals surface area (Å²) < 4.78 is 63.2. The molecule has 184 valence electrons. The van der Waals surface area contributed by atoms with Gasteiger partial charge in [0.1, 0.15) is 24.3 Å². The predicted octanol–water partition coefficient (Wildman–Crippen LogP) is 5.81. The van der Waals surface area contributed by atoms with Crippen molar-refractivity contribution in [3.63, 3.8) is 0 Å². The van der Waals surface area contributed by atoms with E-state index in [1.807, 2.05) is 0 Å². The van der Waals surface area contributed by atoms with Crippen molar-refractivity contribution in [2.24, 2.45) is 0 Å². The van der Waals surface area contributed by atoms with Crippen LogP contribution in [0.3, 0.4) is 0 Å². The lowest BCUT2D eigenvalue weighted by atomic mass is 10.1. The van der Waals surface area contributed by atoms with Crippen LogP contribution in [0.15, 0.2) is 102 Å². The summed E-state index contributed by atoms with van der Waals surface area (Å²) in [4.78, 5) is 16.3. The van der Waals surface area contributed by atoms with Crippen LogP contribution in [-0.2, 0) is 14.8 Å². The Hall–Kier alpha value is -3.82. The topological polar surface area (TPSA) is 76.6 Å². The summed E-state index contributed by atoms with van der Waals surface area (Å²) in [5, 5.41) is 0.294. The molecule has 0 amide bonds. The van der Waals surface area contributed by atoms with E-state index in [0.717, 1.165) is 22.5 Å². The van der Waals surface area contributed by atoms with Gasteiger partial charge in [-0.2, -0.15) is 0 Å². The maximum Gasteiger partial charge on any atom is 0.339 e. The van der Waals surface area contributed by atoms with Crippen LogP contribution < -0.4 is 4.31 Å². The summed E-state index contributed by atoms with van der Waals surface area (Å²) in [7, 11) is -4.51. The van der Waals surface area contributed by atoms with Crippen LogP contribution in [0.25, 0.3) is 0 Å². The van der Waals surface area contributed by atoms with Gasteiger partial charge in [0.25, 0.3) is 10.0 Å². The number of halogens is 3. The molecule has 4 rings (SSSR count). The molecule has 36 heavy (non-hydrogen) atoms. The highest BCUT2D eigenvalue weighted by Crippen LogP contribution is 2.36. The standard InChI is InChI=1S/C26H19ClF2N2O4S/c27-20-8-11-22(12-9-20)36(33,34)31(24-15-21(28)10-13-23(24)29)25(18-5-2-1-3-6-18)17-35-26(32)19-7-4-14-30-16-19/h1-16,25H,17H2/t25-/m1/s1. The quantitative estimate of drug-likeness (QED) is 0.270. The summed E-state index contributed by atoms with van der Waals surface area (Å²) in [6, 6.07) is 17.7. The van der Waals surface area contributed by atoms with Gasteiger partial charge in [-0.15, -0.1) is 0 Å². The number of sulfonamides is 1. The third kappa shape index (κ3) is 5.53. The van der Waals surface area contributed by atoms with Gasteiger partial charge in [-0.25, -0.2) is 22.0 Å². The molecule has 1 atom stereocenters. The number of aromatic nitrogens is 1. The lowest BCUT2D eigenvalue weighted by molar-refractivity contribution is 0.0482. The second-order valence-corrected chi connectivity index (χ2v) is 9.87. The Bertz CT molecular complexity index is 1450. The van der Waals surface area contributed by atoms with Crippen LogP contribution >= 0.6 is 11.6 Å². The van der Waals surface area contributed by atoms with Crippen LogP contribution in [0.4, 0.5) is 14.5 Å². The van der Waals surface area contributed by atoms with Gasteiger partial charge in [0, 0.05) is 23.5 Å². The molecular weight excluding hydrogens is 510 g/mol. The Morgan fingerprint density at radius 1 is 0.972 bits per heavy atom. The smallest absolute Gasteiger partial charge is 0.339 e. The second-order valence-electron chi connectivity index (χ2n) is 7.62. The molecule has 0 spiro atoms. The van der Waals surface area contributed by atoms with Gasteiger partial charge >= 0.3 is 5.97 Å². The number of ether oxygens (including phenoxy) is 1. The number of pyridine rings is 1. The van der Waals surface area contributed by atoms with E-state index >= 15 is 4.39 Å². The minimum Gasteiger partial charge on any atom is -0.459 e. The number of rotatable bonds is 8. The molecule has 0 saturated carbocycles. The van der Waals surface area contributed by atoms with Crippen LogP contribution in [0, 0.1) is 11.6 Å². The summed E-state index contributed by atoms with van der Waals surface area (Å²) in [6.07, 6.45) is 2.78. The van der Waals surface area contributed by atoms with E-state index in [1.54, 1.807) is 36.4 Å². The molecule has 0 radical (unpaired) electrons. The number of carbonyl (C=O) groups is 1. The van der Waals surface area contributed by atoms with Crippen molar-refractivity contribution in [2.45, 2.75) is 10.9 Å². The fourth-order valence-electron chi connectivity index (χ4n) is 3.54.